The molecular weight excluding hydrogens is 200 g/mol. The number of aromatic nitrogens is 1. The Morgan fingerprint density at radius 1 is 1.50 bits per heavy atom. The highest BCUT2D eigenvalue weighted by molar-refractivity contribution is 5.85. The van der Waals surface area contributed by atoms with Gasteiger partial charge in [0.2, 0.25) is 0 Å². The van der Waals surface area contributed by atoms with Crippen LogP contribution in [0.25, 0.3) is 0 Å². The van der Waals surface area contributed by atoms with Gasteiger partial charge < -0.3 is 10.3 Å². The maximum atomic E-state index is 11.6. The van der Waals surface area contributed by atoms with E-state index in [4.69, 9.17) is 5.73 Å². The second-order valence-corrected chi connectivity index (χ2v) is 3.80. The summed E-state index contributed by atoms with van der Waals surface area (Å²) in [7, 11) is 0. The van der Waals surface area contributed by atoms with Crippen LogP contribution in [0.15, 0.2) is 23.1 Å². The molecule has 0 spiro atoms. The zero-order valence-corrected chi connectivity index (χ0v) is 8.96. The molecule has 2 atom stereocenters. The Balaban J connectivity index is 0.000000980. The minimum Gasteiger partial charge on any atom is -0.394 e. The highest BCUT2D eigenvalue weighted by Gasteiger charge is 2.28. The van der Waals surface area contributed by atoms with Gasteiger partial charge in [0.25, 0.3) is 5.56 Å². The van der Waals surface area contributed by atoms with Crippen LogP contribution >= 0.6 is 12.4 Å². The van der Waals surface area contributed by atoms with Crippen molar-refractivity contribution in [2.45, 2.75) is 25.8 Å². The summed E-state index contributed by atoms with van der Waals surface area (Å²) in [6.07, 6.45) is 4.15. The number of halogens is 1. The molecule has 1 fully saturated rings. The highest BCUT2D eigenvalue weighted by Crippen LogP contribution is 2.36. The predicted octanol–water partition coefficient (Wildman–Crippen LogP) is 1.82. The largest absolute Gasteiger partial charge is 0.394 e. The summed E-state index contributed by atoms with van der Waals surface area (Å²) in [6.45, 7) is 2.17. The Bertz CT molecular complexity index is 375. The van der Waals surface area contributed by atoms with Crippen LogP contribution in [0.4, 0.5) is 5.69 Å². The third-order valence-electron chi connectivity index (χ3n) is 2.94. The molecule has 0 bridgehead atoms. The summed E-state index contributed by atoms with van der Waals surface area (Å²) in [5, 5.41) is 0. The molecule has 1 heterocycles. The van der Waals surface area contributed by atoms with Gasteiger partial charge in [-0.05, 0) is 30.9 Å². The second-order valence-electron chi connectivity index (χ2n) is 3.80. The lowest BCUT2D eigenvalue weighted by atomic mass is 9.81. The van der Waals surface area contributed by atoms with E-state index >= 15 is 0 Å². The molecular formula is C10H15ClN2O. The summed E-state index contributed by atoms with van der Waals surface area (Å²) < 4.78 is 1.77. The van der Waals surface area contributed by atoms with Crippen LogP contribution in [0.2, 0.25) is 0 Å². The van der Waals surface area contributed by atoms with Gasteiger partial charge in [-0.3, -0.25) is 4.79 Å². The van der Waals surface area contributed by atoms with E-state index in [1.54, 1.807) is 10.6 Å². The Morgan fingerprint density at radius 2 is 2.21 bits per heavy atom. The fourth-order valence-corrected chi connectivity index (χ4v) is 1.85. The van der Waals surface area contributed by atoms with Gasteiger partial charge >= 0.3 is 0 Å². The van der Waals surface area contributed by atoms with Crippen molar-refractivity contribution in [2.75, 3.05) is 5.73 Å². The lowest BCUT2D eigenvalue weighted by Gasteiger charge is -2.35. The van der Waals surface area contributed by atoms with Crippen molar-refractivity contribution in [1.82, 2.24) is 4.57 Å². The SMILES string of the molecule is C[C@@H]1CCC1n1cccc(N)c1=O.Cl. The van der Waals surface area contributed by atoms with Crippen molar-refractivity contribution >= 4 is 18.1 Å². The standard InChI is InChI=1S/C10H14N2O.ClH/c1-7-4-5-9(7)12-6-2-3-8(11)10(12)13;/h2-3,6-7,9H,4-5,11H2,1H3;1H/t7-,9?;/m1./s1. The maximum Gasteiger partial charge on any atom is 0.273 e. The van der Waals surface area contributed by atoms with E-state index in [9.17, 15) is 4.79 Å². The van der Waals surface area contributed by atoms with Crippen molar-refractivity contribution in [1.29, 1.82) is 0 Å². The summed E-state index contributed by atoms with van der Waals surface area (Å²) in [5.74, 6) is 0.611. The number of pyridine rings is 1. The number of hydrogen-bond acceptors (Lipinski definition) is 2. The average Bonchev–Trinajstić information content (AvgIpc) is 2.10. The topological polar surface area (TPSA) is 48.0 Å². The molecule has 1 aliphatic rings. The molecule has 1 aromatic heterocycles. The van der Waals surface area contributed by atoms with E-state index in [0.717, 1.165) is 6.42 Å². The van der Waals surface area contributed by atoms with Gasteiger partial charge in [0.05, 0.1) is 5.69 Å². The monoisotopic (exact) mass is 214 g/mol. The van der Waals surface area contributed by atoms with Crippen LogP contribution in [-0.2, 0) is 0 Å². The molecule has 2 N–H and O–H groups in total. The van der Waals surface area contributed by atoms with Gasteiger partial charge in [-0.2, -0.15) is 0 Å². The molecule has 0 aliphatic heterocycles. The first-order chi connectivity index (χ1) is 6.20. The van der Waals surface area contributed by atoms with Gasteiger partial charge in [0.1, 0.15) is 0 Å². The van der Waals surface area contributed by atoms with Crippen molar-refractivity contribution < 1.29 is 0 Å². The predicted molar refractivity (Wildman–Crippen MR) is 59.8 cm³/mol. The van der Waals surface area contributed by atoms with Gasteiger partial charge in [-0.15, -0.1) is 12.4 Å². The number of nitrogens with zero attached hydrogens (tertiary/aromatic N) is 1. The minimum atomic E-state index is -0.0425. The molecule has 1 saturated carbocycles. The highest BCUT2D eigenvalue weighted by atomic mass is 35.5. The van der Waals surface area contributed by atoms with E-state index in [1.165, 1.54) is 6.42 Å². The number of nitrogen functional groups attached to an aromatic ring is 1. The zero-order valence-electron chi connectivity index (χ0n) is 8.14. The smallest absolute Gasteiger partial charge is 0.273 e. The van der Waals surface area contributed by atoms with Crippen LogP contribution in [-0.4, -0.2) is 4.57 Å². The Morgan fingerprint density at radius 3 is 2.71 bits per heavy atom. The fraction of sp³-hybridized carbons (Fsp3) is 0.500. The minimum absolute atomic E-state index is 0. The second kappa shape index (κ2) is 4.05. The lowest BCUT2D eigenvalue weighted by molar-refractivity contribution is 0.197. The number of hydrogen-bond donors (Lipinski definition) is 1. The maximum absolute atomic E-state index is 11.6. The van der Waals surface area contributed by atoms with E-state index < -0.39 is 0 Å². The molecule has 78 valence electrons. The van der Waals surface area contributed by atoms with Gasteiger partial charge in [0, 0.05) is 12.2 Å². The molecule has 2 rings (SSSR count). The zero-order chi connectivity index (χ0) is 9.42. The first-order valence-corrected chi connectivity index (χ1v) is 4.67. The van der Waals surface area contributed by atoms with Crippen LogP contribution in [0, 0.1) is 5.92 Å². The van der Waals surface area contributed by atoms with Crippen LogP contribution < -0.4 is 11.3 Å². The number of rotatable bonds is 1. The van der Waals surface area contributed by atoms with Crippen molar-refractivity contribution in [2.24, 2.45) is 5.92 Å². The molecule has 1 aliphatic carbocycles. The lowest BCUT2D eigenvalue weighted by Crippen LogP contribution is -2.34. The molecule has 1 unspecified atom stereocenters. The molecule has 0 radical (unpaired) electrons. The van der Waals surface area contributed by atoms with Crippen molar-refractivity contribution in [3.63, 3.8) is 0 Å². The molecule has 14 heavy (non-hydrogen) atoms. The van der Waals surface area contributed by atoms with Gasteiger partial charge in [-0.1, -0.05) is 6.92 Å². The Kier molecular flexibility index (Phi) is 3.21. The molecule has 3 nitrogen and oxygen atoms in total. The number of nitrogens with two attached hydrogens (primary N) is 1. The number of anilines is 1. The third kappa shape index (κ3) is 1.64. The summed E-state index contributed by atoms with van der Waals surface area (Å²) >= 11 is 0. The molecule has 0 aromatic carbocycles. The fourth-order valence-electron chi connectivity index (χ4n) is 1.85. The van der Waals surface area contributed by atoms with E-state index in [1.807, 2.05) is 12.3 Å². The van der Waals surface area contributed by atoms with E-state index in [-0.39, 0.29) is 18.0 Å². The summed E-state index contributed by atoms with van der Waals surface area (Å²) in [5.41, 5.74) is 5.86. The van der Waals surface area contributed by atoms with E-state index in [0.29, 0.717) is 17.6 Å². The van der Waals surface area contributed by atoms with Crippen LogP contribution in [0.1, 0.15) is 25.8 Å². The first kappa shape index (κ1) is 11.1. The van der Waals surface area contributed by atoms with Crippen molar-refractivity contribution in [3.05, 3.63) is 28.7 Å². The van der Waals surface area contributed by atoms with Crippen LogP contribution in [0.5, 0.6) is 0 Å². The Hall–Kier alpha value is -0.960. The van der Waals surface area contributed by atoms with Crippen LogP contribution in [0.3, 0.4) is 0 Å². The molecule has 0 saturated heterocycles. The third-order valence-corrected chi connectivity index (χ3v) is 2.94. The molecule has 4 heteroatoms. The van der Waals surface area contributed by atoms with E-state index in [2.05, 4.69) is 6.92 Å². The molecule has 0 amide bonds. The van der Waals surface area contributed by atoms with Crippen molar-refractivity contribution in [3.8, 4) is 0 Å². The first-order valence-electron chi connectivity index (χ1n) is 4.67. The quantitative estimate of drug-likeness (QED) is 0.776. The average molecular weight is 215 g/mol. The van der Waals surface area contributed by atoms with Gasteiger partial charge in [0.15, 0.2) is 0 Å². The Labute approximate surface area is 89.3 Å². The normalized spacial score (nSPS) is 24.9. The van der Waals surface area contributed by atoms with Gasteiger partial charge in [-0.25, -0.2) is 0 Å². The summed E-state index contributed by atoms with van der Waals surface area (Å²) in [6, 6.07) is 3.86. The summed E-state index contributed by atoms with van der Waals surface area (Å²) in [4.78, 5) is 11.6. The molecule has 1 aromatic rings.